The molecule has 1 amide bonds. The number of hydrogen-bond donors (Lipinski definition) is 2. The van der Waals surface area contributed by atoms with Crippen LogP contribution in [0.15, 0.2) is 23.6 Å². The molecular weight excluding hydrogens is 265 g/mol. The van der Waals surface area contributed by atoms with Crippen molar-refractivity contribution in [2.75, 3.05) is 5.73 Å². The molecule has 0 saturated carbocycles. The van der Waals surface area contributed by atoms with E-state index in [0.29, 0.717) is 22.9 Å². The Kier molecular flexibility index (Phi) is 4.11. The second-order valence-electron chi connectivity index (χ2n) is 4.21. The van der Waals surface area contributed by atoms with Crippen molar-refractivity contribution in [2.45, 2.75) is 19.9 Å². The van der Waals surface area contributed by atoms with Crippen molar-refractivity contribution in [1.82, 2.24) is 10.3 Å². The third-order valence-electron chi connectivity index (χ3n) is 2.64. The molecule has 0 spiro atoms. The van der Waals surface area contributed by atoms with Crippen LogP contribution in [0.1, 0.15) is 16.8 Å². The lowest BCUT2D eigenvalue weighted by atomic mass is 10.1. The van der Waals surface area contributed by atoms with E-state index in [0.717, 1.165) is 5.56 Å². The van der Waals surface area contributed by atoms with E-state index in [2.05, 4.69) is 10.3 Å². The number of aryl methyl sites for hydroxylation is 1. The summed E-state index contributed by atoms with van der Waals surface area (Å²) in [4.78, 5) is 15.7. The number of nitrogens with two attached hydrogens (primary N) is 1. The number of nitrogens with zero attached hydrogens (tertiary/aromatic N) is 1. The Morgan fingerprint density at radius 2 is 2.32 bits per heavy atom. The van der Waals surface area contributed by atoms with Crippen LogP contribution in [0, 0.1) is 12.7 Å². The Hall–Kier alpha value is -1.95. The van der Waals surface area contributed by atoms with Gasteiger partial charge in [-0.15, -0.1) is 11.3 Å². The van der Waals surface area contributed by atoms with Gasteiger partial charge in [0.15, 0.2) is 5.13 Å². The van der Waals surface area contributed by atoms with E-state index in [1.54, 1.807) is 24.4 Å². The molecule has 0 unspecified atom stereocenters. The van der Waals surface area contributed by atoms with E-state index in [4.69, 9.17) is 5.73 Å². The second-order valence-corrected chi connectivity index (χ2v) is 5.10. The molecule has 0 radical (unpaired) electrons. The number of nitrogens with one attached hydrogen (secondary N) is 1. The zero-order chi connectivity index (χ0) is 13.8. The van der Waals surface area contributed by atoms with Gasteiger partial charge in [0.1, 0.15) is 5.82 Å². The maximum absolute atomic E-state index is 13.3. The predicted octanol–water partition coefficient (Wildman–Crippen LogP) is 2.03. The van der Waals surface area contributed by atoms with Gasteiger partial charge in [-0.2, -0.15) is 0 Å². The summed E-state index contributed by atoms with van der Waals surface area (Å²) in [5, 5.41) is 4.92. The van der Waals surface area contributed by atoms with Crippen LogP contribution in [0.25, 0.3) is 0 Å². The summed E-state index contributed by atoms with van der Waals surface area (Å²) in [6.07, 6.45) is 0.183. The van der Waals surface area contributed by atoms with Crippen LogP contribution in [-0.2, 0) is 17.8 Å². The summed E-state index contributed by atoms with van der Waals surface area (Å²) in [6, 6.07) is 4.91. The lowest BCUT2D eigenvalue weighted by Gasteiger charge is -2.05. The fourth-order valence-corrected chi connectivity index (χ4v) is 2.14. The van der Waals surface area contributed by atoms with Crippen LogP contribution < -0.4 is 11.1 Å². The second kappa shape index (κ2) is 5.79. The number of nitrogen functional groups attached to an aromatic ring is 1. The van der Waals surface area contributed by atoms with Gasteiger partial charge in [0, 0.05) is 11.9 Å². The van der Waals surface area contributed by atoms with Gasteiger partial charge in [-0.25, -0.2) is 9.37 Å². The highest BCUT2D eigenvalue weighted by molar-refractivity contribution is 7.13. The lowest BCUT2D eigenvalue weighted by molar-refractivity contribution is -0.120. The molecule has 0 atom stereocenters. The Morgan fingerprint density at radius 3 is 2.95 bits per heavy atom. The molecule has 0 bridgehead atoms. The fraction of sp³-hybridized carbons (Fsp3) is 0.231. The van der Waals surface area contributed by atoms with Crippen LogP contribution in [0.4, 0.5) is 9.52 Å². The first-order valence-electron chi connectivity index (χ1n) is 5.76. The largest absolute Gasteiger partial charge is 0.375 e. The van der Waals surface area contributed by atoms with Crippen molar-refractivity contribution in [3.8, 4) is 0 Å². The van der Waals surface area contributed by atoms with Crippen LogP contribution in [0.2, 0.25) is 0 Å². The molecule has 19 heavy (non-hydrogen) atoms. The SMILES string of the molecule is Cc1ccc(CNC(=O)Cc2csc(N)n2)cc1F. The average molecular weight is 279 g/mol. The van der Waals surface area contributed by atoms with Crippen molar-refractivity contribution >= 4 is 22.4 Å². The highest BCUT2D eigenvalue weighted by Crippen LogP contribution is 2.12. The summed E-state index contributed by atoms with van der Waals surface area (Å²) in [5.41, 5.74) is 7.45. The van der Waals surface area contributed by atoms with E-state index >= 15 is 0 Å². The van der Waals surface area contributed by atoms with Gasteiger partial charge in [-0.1, -0.05) is 12.1 Å². The molecule has 0 aliphatic heterocycles. The monoisotopic (exact) mass is 279 g/mol. The summed E-state index contributed by atoms with van der Waals surface area (Å²) >= 11 is 1.30. The van der Waals surface area contributed by atoms with Crippen molar-refractivity contribution in [3.63, 3.8) is 0 Å². The molecule has 0 saturated heterocycles. The standard InChI is InChI=1S/C13H14FN3OS/c1-8-2-3-9(4-11(8)14)6-16-12(18)5-10-7-19-13(15)17-10/h2-4,7H,5-6H2,1H3,(H2,15,17)(H,16,18). The first kappa shape index (κ1) is 13.5. The Balaban J connectivity index is 1.88. The normalized spacial score (nSPS) is 10.4. The minimum Gasteiger partial charge on any atom is -0.375 e. The van der Waals surface area contributed by atoms with Crippen LogP contribution in [0.3, 0.4) is 0 Å². The summed E-state index contributed by atoms with van der Waals surface area (Å²) in [5.74, 6) is -0.426. The van der Waals surface area contributed by atoms with Crippen molar-refractivity contribution < 1.29 is 9.18 Å². The summed E-state index contributed by atoms with van der Waals surface area (Å²) in [7, 11) is 0. The number of anilines is 1. The van der Waals surface area contributed by atoms with E-state index in [-0.39, 0.29) is 18.1 Å². The van der Waals surface area contributed by atoms with Gasteiger partial charge in [0.25, 0.3) is 0 Å². The Labute approximate surface area is 114 Å². The number of rotatable bonds is 4. The van der Waals surface area contributed by atoms with Gasteiger partial charge in [0.2, 0.25) is 5.91 Å². The molecule has 2 rings (SSSR count). The number of aromatic nitrogens is 1. The molecule has 1 aromatic carbocycles. The maximum atomic E-state index is 13.3. The molecule has 0 aliphatic rings. The van der Waals surface area contributed by atoms with E-state index in [1.807, 2.05) is 0 Å². The van der Waals surface area contributed by atoms with Gasteiger partial charge in [-0.05, 0) is 24.1 Å². The maximum Gasteiger partial charge on any atom is 0.226 e. The smallest absolute Gasteiger partial charge is 0.226 e. The topological polar surface area (TPSA) is 68.0 Å². The van der Waals surface area contributed by atoms with Crippen molar-refractivity contribution in [2.24, 2.45) is 0 Å². The summed E-state index contributed by atoms with van der Waals surface area (Å²) < 4.78 is 13.3. The quantitative estimate of drug-likeness (QED) is 0.900. The number of halogens is 1. The van der Waals surface area contributed by atoms with E-state index in [1.165, 1.54) is 17.4 Å². The molecule has 2 aromatic rings. The Morgan fingerprint density at radius 1 is 1.53 bits per heavy atom. The number of carbonyl (C=O) groups is 1. The predicted molar refractivity (Wildman–Crippen MR) is 73.2 cm³/mol. The molecule has 6 heteroatoms. The molecular formula is C13H14FN3OS. The number of amides is 1. The summed E-state index contributed by atoms with van der Waals surface area (Å²) in [6.45, 7) is 2.00. The zero-order valence-electron chi connectivity index (χ0n) is 10.4. The lowest BCUT2D eigenvalue weighted by Crippen LogP contribution is -2.24. The number of benzene rings is 1. The highest BCUT2D eigenvalue weighted by atomic mass is 32.1. The molecule has 4 nitrogen and oxygen atoms in total. The average Bonchev–Trinajstić information content (AvgIpc) is 2.76. The molecule has 3 N–H and O–H groups in total. The highest BCUT2D eigenvalue weighted by Gasteiger charge is 2.07. The van der Waals surface area contributed by atoms with Gasteiger partial charge < -0.3 is 11.1 Å². The fourth-order valence-electron chi connectivity index (χ4n) is 1.58. The number of hydrogen-bond acceptors (Lipinski definition) is 4. The third-order valence-corrected chi connectivity index (χ3v) is 3.36. The molecule has 1 heterocycles. The van der Waals surface area contributed by atoms with Crippen molar-refractivity contribution in [3.05, 3.63) is 46.2 Å². The van der Waals surface area contributed by atoms with Gasteiger partial charge in [0.05, 0.1) is 12.1 Å². The number of thiazole rings is 1. The third kappa shape index (κ3) is 3.75. The van der Waals surface area contributed by atoms with Crippen LogP contribution >= 0.6 is 11.3 Å². The van der Waals surface area contributed by atoms with Crippen molar-refractivity contribution in [1.29, 1.82) is 0 Å². The minimum absolute atomic E-state index is 0.161. The van der Waals surface area contributed by atoms with Gasteiger partial charge in [-0.3, -0.25) is 4.79 Å². The molecule has 1 aromatic heterocycles. The van der Waals surface area contributed by atoms with E-state index < -0.39 is 0 Å². The first-order chi connectivity index (χ1) is 9.04. The Bertz CT molecular complexity index is 597. The molecule has 0 fully saturated rings. The van der Waals surface area contributed by atoms with Crippen LogP contribution in [-0.4, -0.2) is 10.9 Å². The minimum atomic E-state index is -0.265. The number of carbonyl (C=O) groups excluding carboxylic acids is 1. The molecule has 100 valence electrons. The first-order valence-corrected chi connectivity index (χ1v) is 6.64. The van der Waals surface area contributed by atoms with E-state index in [9.17, 15) is 9.18 Å². The zero-order valence-corrected chi connectivity index (χ0v) is 11.3. The van der Waals surface area contributed by atoms with Crippen LogP contribution in [0.5, 0.6) is 0 Å². The molecule has 0 aliphatic carbocycles. The van der Waals surface area contributed by atoms with Gasteiger partial charge >= 0.3 is 0 Å².